The highest BCUT2D eigenvalue weighted by Gasteiger charge is 2.27. The molecule has 140 valence electrons. The van der Waals surface area contributed by atoms with Crippen LogP contribution in [-0.2, 0) is 16.1 Å². The van der Waals surface area contributed by atoms with E-state index in [2.05, 4.69) is 15.6 Å². The number of ether oxygens (including phenoxy) is 1. The van der Waals surface area contributed by atoms with Crippen molar-refractivity contribution in [2.45, 2.75) is 19.7 Å². The number of amides is 2. The summed E-state index contributed by atoms with van der Waals surface area (Å²) in [6, 6.07) is 15.0. The molecule has 7 nitrogen and oxygen atoms in total. The van der Waals surface area contributed by atoms with Crippen LogP contribution >= 0.6 is 0 Å². The molecule has 0 spiro atoms. The highest BCUT2D eigenvalue weighted by Crippen LogP contribution is 2.30. The highest BCUT2D eigenvalue weighted by atomic mass is 16.5. The lowest BCUT2D eigenvalue weighted by Gasteiger charge is -2.19. The maximum atomic E-state index is 12.6. The monoisotopic (exact) mass is 366 g/mol. The Morgan fingerprint density at radius 3 is 2.63 bits per heavy atom. The van der Waals surface area contributed by atoms with Gasteiger partial charge in [0.25, 0.3) is 5.91 Å². The van der Waals surface area contributed by atoms with Crippen molar-refractivity contribution in [3.63, 3.8) is 0 Å². The molecule has 1 heterocycles. The van der Waals surface area contributed by atoms with E-state index in [0.717, 1.165) is 16.8 Å². The maximum Gasteiger partial charge on any atom is 0.409 e. The fourth-order valence-electron chi connectivity index (χ4n) is 2.83. The summed E-state index contributed by atoms with van der Waals surface area (Å²) in [7, 11) is 3.80. The molecule has 0 bridgehead atoms. The van der Waals surface area contributed by atoms with E-state index >= 15 is 0 Å². The Bertz CT molecular complexity index is 878. The average Bonchev–Trinajstić information content (AvgIpc) is 2.77. The molecule has 2 amide bonds. The van der Waals surface area contributed by atoms with Crippen LogP contribution in [0.5, 0.6) is 0 Å². The molecule has 0 saturated carbocycles. The number of alkyl carbamates (subject to hydrolysis) is 1. The van der Waals surface area contributed by atoms with Crippen LogP contribution in [-0.4, -0.2) is 38.0 Å². The van der Waals surface area contributed by atoms with E-state index in [0.29, 0.717) is 11.4 Å². The average molecular weight is 366 g/mol. The summed E-state index contributed by atoms with van der Waals surface area (Å²) in [4.78, 5) is 31.0. The molecule has 0 aromatic heterocycles. The molecule has 1 atom stereocenters. The largest absolute Gasteiger partial charge is 0.445 e. The zero-order valence-corrected chi connectivity index (χ0v) is 15.5. The molecule has 0 radical (unpaired) electrons. The van der Waals surface area contributed by atoms with Gasteiger partial charge >= 0.3 is 6.09 Å². The normalized spacial score (nSPS) is 15.7. The standard InChI is InChI=1S/C20H22N4O3/c1-13-15-10-7-11-16(24(2)3)17(15)22-19(25)18(21-13)23-20(26)27-12-14-8-5-4-6-9-14/h4-11,18H,12H2,1-3H3,(H,22,25)(H,23,26). The van der Waals surface area contributed by atoms with Crippen molar-refractivity contribution in [3.8, 4) is 0 Å². The van der Waals surface area contributed by atoms with Crippen molar-refractivity contribution in [2.24, 2.45) is 4.99 Å². The number of carbonyl (C=O) groups excluding carboxylic acids is 2. The Morgan fingerprint density at radius 2 is 1.93 bits per heavy atom. The van der Waals surface area contributed by atoms with Crippen molar-refractivity contribution < 1.29 is 14.3 Å². The molecule has 7 heteroatoms. The van der Waals surface area contributed by atoms with Gasteiger partial charge in [0.15, 0.2) is 0 Å². The predicted octanol–water partition coefficient (Wildman–Crippen LogP) is 2.77. The lowest BCUT2D eigenvalue weighted by Crippen LogP contribution is -2.42. The Kier molecular flexibility index (Phi) is 5.40. The second-order valence-electron chi connectivity index (χ2n) is 6.41. The first-order chi connectivity index (χ1) is 13.0. The van der Waals surface area contributed by atoms with E-state index in [1.54, 1.807) is 0 Å². The number of aliphatic imine (C=N–C) groups is 1. The number of nitrogens with one attached hydrogen (secondary N) is 2. The zero-order chi connectivity index (χ0) is 19.4. The van der Waals surface area contributed by atoms with Crippen LogP contribution in [0, 0.1) is 0 Å². The van der Waals surface area contributed by atoms with Gasteiger partial charge < -0.3 is 15.0 Å². The Balaban J connectivity index is 1.73. The van der Waals surface area contributed by atoms with Crippen LogP contribution in [0.15, 0.2) is 53.5 Å². The summed E-state index contributed by atoms with van der Waals surface area (Å²) in [5.74, 6) is -0.418. The topological polar surface area (TPSA) is 83.0 Å². The first kappa shape index (κ1) is 18.4. The fourth-order valence-corrected chi connectivity index (χ4v) is 2.83. The van der Waals surface area contributed by atoms with Crippen LogP contribution in [0.1, 0.15) is 18.1 Å². The van der Waals surface area contributed by atoms with Gasteiger partial charge in [0.1, 0.15) is 6.61 Å². The summed E-state index contributed by atoms with van der Waals surface area (Å²) in [5.41, 5.74) is 3.87. The first-order valence-corrected chi connectivity index (χ1v) is 8.59. The third-order valence-electron chi connectivity index (χ3n) is 4.20. The van der Waals surface area contributed by atoms with Crippen molar-refractivity contribution in [2.75, 3.05) is 24.3 Å². The summed E-state index contributed by atoms with van der Waals surface area (Å²) in [5, 5.41) is 5.39. The molecule has 0 fully saturated rings. The minimum atomic E-state index is -1.06. The second-order valence-corrected chi connectivity index (χ2v) is 6.41. The van der Waals surface area contributed by atoms with Crippen molar-refractivity contribution in [3.05, 3.63) is 59.7 Å². The summed E-state index contributed by atoms with van der Waals surface area (Å²) < 4.78 is 5.19. The Hall–Kier alpha value is -3.35. The van der Waals surface area contributed by atoms with Gasteiger partial charge in [-0.15, -0.1) is 0 Å². The number of para-hydroxylation sites is 1. The van der Waals surface area contributed by atoms with E-state index in [4.69, 9.17) is 4.74 Å². The number of carbonyl (C=O) groups is 2. The third kappa shape index (κ3) is 4.25. The van der Waals surface area contributed by atoms with Gasteiger partial charge in [0.2, 0.25) is 6.17 Å². The van der Waals surface area contributed by atoms with E-state index in [9.17, 15) is 9.59 Å². The first-order valence-electron chi connectivity index (χ1n) is 8.59. The third-order valence-corrected chi connectivity index (χ3v) is 4.20. The maximum absolute atomic E-state index is 12.6. The molecular formula is C20H22N4O3. The van der Waals surface area contributed by atoms with Gasteiger partial charge in [0, 0.05) is 25.4 Å². The SMILES string of the molecule is CC1=NC(NC(=O)OCc2ccccc2)C(=O)Nc2c1cccc2N(C)C. The van der Waals surface area contributed by atoms with Crippen LogP contribution in [0.2, 0.25) is 0 Å². The predicted molar refractivity (Wildman–Crippen MR) is 105 cm³/mol. The summed E-state index contributed by atoms with van der Waals surface area (Å²) >= 11 is 0. The molecular weight excluding hydrogens is 344 g/mol. The Labute approximate surface area is 158 Å². The number of hydrogen-bond acceptors (Lipinski definition) is 5. The lowest BCUT2D eigenvalue weighted by molar-refractivity contribution is -0.117. The molecule has 2 aromatic rings. The minimum Gasteiger partial charge on any atom is -0.445 e. The number of fused-ring (bicyclic) bond motifs is 1. The van der Waals surface area contributed by atoms with E-state index < -0.39 is 18.2 Å². The highest BCUT2D eigenvalue weighted by molar-refractivity contribution is 6.13. The molecule has 1 aliphatic rings. The molecule has 1 aliphatic heterocycles. The zero-order valence-electron chi connectivity index (χ0n) is 15.5. The van der Waals surface area contributed by atoms with Gasteiger partial charge in [-0.25, -0.2) is 4.79 Å². The molecule has 27 heavy (non-hydrogen) atoms. The number of nitrogens with zero attached hydrogens (tertiary/aromatic N) is 2. The quantitative estimate of drug-likeness (QED) is 0.872. The van der Waals surface area contributed by atoms with E-state index in [1.165, 1.54) is 0 Å². The minimum absolute atomic E-state index is 0.120. The van der Waals surface area contributed by atoms with Crippen molar-refractivity contribution in [1.82, 2.24) is 5.32 Å². The van der Waals surface area contributed by atoms with Gasteiger partial charge in [-0.05, 0) is 18.6 Å². The van der Waals surface area contributed by atoms with E-state index in [1.807, 2.05) is 74.4 Å². The molecule has 0 aliphatic carbocycles. The summed E-state index contributed by atoms with van der Waals surface area (Å²) in [6.45, 7) is 1.93. The Morgan fingerprint density at radius 1 is 1.19 bits per heavy atom. The number of hydrogen-bond donors (Lipinski definition) is 2. The molecule has 3 rings (SSSR count). The van der Waals surface area contributed by atoms with Crippen molar-refractivity contribution in [1.29, 1.82) is 0 Å². The van der Waals surface area contributed by atoms with E-state index in [-0.39, 0.29) is 6.61 Å². The smallest absolute Gasteiger partial charge is 0.409 e. The summed E-state index contributed by atoms with van der Waals surface area (Å²) in [6.07, 6.45) is -1.76. The van der Waals surface area contributed by atoms with Crippen LogP contribution in [0.25, 0.3) is 0 Å². The second kappa shape index (κ2) is 7.90. The van der Waals surface area contributed by atoms with Crippen LogP contribution in [0.3, 0.4) is 0 Å². The number of rotatable bonds is 4. The van der Waals surface area contributed by atoms with Crippen molar-refractivity contribution >= 4 is 29.1 Å². The van der Waals surface area contributed by atoms with Crippen LogP contribution < -0.4 is 15.5 Å². The molecule has 1 unspecified atom stereocenters. The lowest BCUT2D eigenvalue weighted by atomic mass is 10.1. The molecule has 2 N–H and O–H groups in total. The van der Waals surface area contributed by atoms with Crippen LogP contribution in [0.4, 0.5) is 16.2 Å². The van der Waals surface area contributed by atoms with Gasteiger partial charge in [-0.3, -0.25) is 15.1 Å². The number of benzodiazepines with no additional fused rings is 1. The fraction of sp³-hybridized carbons (Fsp3) is 0.250. The van der Waals surface area contributed by atoms with Gasteiger partial charge in [-0.2, -0.15) is 0 Å². The molecule has 2 aromatic carbocycles. The number of anilines is 2. The van der Waals surface area contributed by atoms with Gasteiger partial charge in [0.05, 0.1) is 11.4 Å². The number of benzene rings is 2. The van der Waals surface area contributed by atoms with Gasteiger partial charge in [-0.1, -0.05) is 42.5 Å². The molecule has 0 saturated heterocycles.